The molecule has 1 aromatic rings. The minimum atomic E-state index is 0.171. The number of aryl methyl sites for hydroxylation is 1. The molecule has 1 rings (SSSR count). The fourth-order valence-corrected chi connectivity index (χ4v) is 1.41. The van der Waals surface area contributed by atoms with E-state index in [9.17, 15) is 0 Å². The lowest BCUT2D eigenvalue weighted by atomic mass is 10.1. The van der Waals surface area contributed by atoms with Crippen LogP contribution in [0.5, 0.6) is 0 Å². The molecule has 0 aromatic carbocycles. The summed E-state index contributed by atoms with van der Waals surface area (Å²) in [5.74, 6) is 0. The van der Waals surface area contributed by atoms with Crippen LogP contribution in [-0.2, 0) is 7.05 Å². The Labute approximate surface area is 84.9 Å². The summed E-state index contributed by atoms with van der Waals surface area (Å²) in [5, 5.41) is 16.5. The Morgan fingerprint density at radius 1 is 1.64 bits per heavy atom. The molecule has 0 radical (unpaired) electrons. The van der Waals surface area contributed by atoms with E-state index >= 15 is 0 Å². The van der Waals surface area contributed by atoms with E-state index in [1.165, 1.54) is 0 Å². The lowest BCUT2D eigenvalue weighted by Crippen LogP contribution is -2.33. The summed E-state index contributed by atoms with van der Waals surface area (Å²) < 4.78 is 1.79. The zero-order valence-corrected chi connectivity index (χ0v) is 9.07. The Hall–Kier alpha value is -0.870. The number of rotatable bonds is 5. The molecule has 14 heavy (non-hydrogen) atoms. The summed E-state index contributed by atoms with van der Waals surface area (Å²) in [5.41, 5.74) is 1.15. The number of aliphatic hydroxyl groups excluding tert-OH is 1. The third-order valence-electron chi connectivity index (χ3n) is 2.42. The first-order valence-corrected chi connectivity index (χ1v) is 5.02. The van der Waals surface area contributed by atoms with Crippen LogP contribution in [-0.4, -0.2) is 27.5 Å². The van der Waals surface area contributed by atoms with Crippen molar-refractivity contribution in [2.24, 2.45) is 7.05 Å². The van der Waals surface area contributed by atoms with Gasteiger partial charge in [0.2, 0.25) is 0 Å². The average Bonchev–Trinajstić information content (AvgIpc) is 2.61. The molecule has 0 saturated heterocycles. The van der Waals surface area contributed by atoms with Crippen LogP contribution in [0.4, 0.5) is 0 Å². The van der Waals surface area contributed by atoms with E-state index in [4.69, 9.17) is 5.11 Å². The third kappa shape index (κ3) is 2.82. The number of aromatic nitrogens is 2. The lowest BCUT2D eigenvalue weighted by Gasteiger charge is -2.19. The minimum absolute atomic E-state index is 0.171. The molecular formula is C10H19N3O. The van der Waals surface area contributed by atoms with E-state index in [0.717, 1.165) is 12.0 Å². The zero-order chi connectivity index (χ0) is 10.6. The predicted octanol–water partition coefficient (Wildman–Crippen LogP) is 0.842. The van der Waals surface area contributed by atoms with Gasteiger partial charge in [-0.1, -0.05) is 6.92 Å². The summed E-state index contributed by atoms with van der Waals surface area (Å²) in [6.45, 7) is 4.32. The van der Waals surface area contributed by atoms with Gasteiger partial charge in [0.15, 0.2) is 0 Å². The summed E-state index contributed by atoms with van der Waals surface area (Å²) in [7, 11) is 1.90. The van der Waals surface area contributed by atoms with Crippen LogP contribution in [0.15, 0.2) is 12.4 Å². The van der Waals surface area contributed by atoms with Crippen LogP contribution in [0.25, 0.3) is 0 Å². The van der Waals surface area contributed by atoms with Crippen molar-refractivity contribution < 1.29 is 5.11 Å². The van der Waals surface area contributed by atoms with Gasteiger partial charge in [-0.3, -0.25) is 4.68 Å². The van der Waals surface area contributed by atoms with Crippen molar-refractivity contribution >= 4 is 0 Å². The summed E-state index contributed by atoms with van der Waals surface area (Å²) >= 11 is 0. The fraction of sp³-hybridized carbons (Fsp3) is 0.700. The molecule has 0 fully saturated rings. The first kappa shape index (κ1) is 11.2. The highest BCUT2D eigenvalue weighted by Gasteiger charge is 2.11. The molecule has 2 atom stereocenters. The highest BCUT2D eigenvalue weighted by molar-refractivity contribution is 5.09. The zero-order valence-electron chi connectivity index (χ0n) is 9.07. The standard InChI is InChI=1S/C10H19N3O/c1-4-10(7-14)12-8(2)9-5-11-13(3)6-9/h5-6,8,10,12,14H,4,7H2,1-3H3. The van der Waals surface area contributed by atoms with Crippen molar-refractivity contribution in [1.82, 2.24) is 15.1 Å². The topological polar surface area (TPSA) is 50.1 Å². The van der Waals surface area contributed by atoms with Crippen molar-refractivity contribution in [2.45, 2.75) is 32.4 Å². The van der Waals surface area contributed by atoms with Crippen LogP contribution >= 0.6 is 0 Å². The fourth-order valence-electron chi connectivity index (χ4n) is 1.41. The van der Waals surface area contributed by atoms with Crippen LogP contribution in [0.2, 0.25) is 0 Å². The molecule has 80 valence electrons. The Morgan fingerprint density at radius 2 is 2.36 bits per heavy atom. The smallest absolute Gasteiger partial charge is 0.0584 e. The molecule has 0 amide bonds. The maximum atomic E-state index is 9.04. The molecule has 2 N–H and O–H groups in total. The van der Waals surface area contributed by atoms with E-state index in [-0.39, 0.29) is 18.7 Å². The second kappa shape index (κ2) is 5.12. The van der Waals surface area contributed by atoms with Gasteiger partial charge in [0.25, 0.3) is 0 Å². The van der Waals surface area contributed by atoms with Crippen molar-refractivity contribution in [3.63, 3.8) is 0 Å². The van der Waals surface area contributed by atoms with Crippen molar-refractivity contribution in [3.8, 4) is 0 Å². The minimum Gasteiger partial charge on any atom is -0.395 e. The molecule has 4 heteroatoms. The van der Waals surface area contributed by atoms with Crippen molar-refractivity contribution in [2.75, 3.05) is 6.61 Å². The Kier molecular flexibility index (Phi) is 4.10. The number of hydrogen-bond acceptors (Lipinski definition) is 3. The van der Waals surface area contributed by atoms with E-state index in [0.29, 0.717) is 0 Å². The average molecular weight is 197 g/mol. The highest BCUT2D eigenvalue weighted by atomic mass is 16.3. The Morgan fingerprint density at radius 3 is 2.79 bits per heavy atom. The number of nitrogens with zero attached hydrogens (tertiary/aromatic N) is 2. The molecule has 0 saturated carbocycles. The normalized spacial score (nSPS) is 15.4. The molecule has 0 bridgehead atoms. The maximum absolute atomic E-state index is 9.04. The first-order valence-electron chi connectivity index (χ1n) is 5.02. The van der Waals surface area contributed by atoms with Gasteiger partial charge in [-0.25, -0.2) is 0 Å². The Bertz CT molecular complexity index is 268. The summed E-state index contributed by atoms with van der Waals surface area (Å²) in [6, 6.07) is 0.408. The van der Waals surface area contributed by atoms with Gasteiger partial charge in [-0.05, 0) is 13.3 Å². The van der Waals surface area contributed by atoms with E-state index in [1.54, 1.807) is 4.68 Å². The molecule has 0 aliphatic carbocycles. The molecular weight excluding hydrogens is 178 g/mol. The molecule has 0 aliphatic heterocycles. The quantitative estimate of drug-likeness (QED) is 0.735. The highest BCUT2D eigenvalue weighted by Crippen LogP contribution is 2.11. The van der Waals surface area contributed by atoms with Crippen molar-refractivity contribution in [3.05, 3.63) is 18.0 Å². The first-order chi connectivity index (χ1) is 6.67. The number of nitrogens with one attached hydrogen (secondary N) is 1. The van der Waals surface area contributed by atoms with Gasteiger partial charge in [-0.15, -0.1) is 0 Å². The molecule has 0 aliphatic rings. The van der Waals surface area contributed by atoms with Gasteiger partial charge in [0.1, 0.15) is 0 Å². The monoisotopic (exact) mass is 197 g/mol. The van der Waals surface area contributed by atoms with Crippen LogP contribution < -0.4 is 5.32 Å². The maximum Gasteiger partial charge on any atom is 0.0584 e. The molecule has 4 nitrogen and oxygen atoms in total. The summed E-state index contributed by atoms with van der Waals surface area (Å²) in [6.07, 6.45) is 4.77. The van der Waals surface area contributed by atoms with Gasteiger partial charge < -0.3 is 10.4 Å². The van der Waals surface area contributed by atoms with E-state index < -0.39 is 0 Å². The Balaban J connectivity index is 2.53. The number of hydrogen-bond donors (Lipinski definition) is 2. The largest absolute Gasteiger partial charge is 0.395 e. The number of aliphatic hydroxyl groups is 1. The lowest BCUT2D eigenvalue weighted by molar-refractivity contribution is 0.230. The third-order valence-corrected chi connectivity index (χ3v) is 2.42. The predicted molar refractivity (Wildman–Crippen MR) is 55.9 cm³/mol. The molecule has 1 heterocycles. The molecule has 0 spiro atoms. The summed E-state index contributed by atoms with van der Waals surface area (Å²) in [4.78, 5) is 0. The second-order valence-electron chi connectivity index (χ2n) is 3.62. The van der Waals surface area contributed by atoms with Crippen molar-refractivity contribution in [1.29, 1.82) is 0 Å². The van der Waals surface area contributed by atoms with E-state index in [2.05, 4.69) is 24.3 Å². The molecule has 1 aromatic heterocycles. The van der Waals surface area contributed by atoms with E-state index in [1.807, 2.05) is 19.4 Å². The van der Waals surface area contributed by atoms with Crippen LogP contribution in [0, 0.1) is 0 Å². The van der Waals surface area contributed by atoms with Gasteiger partial charge in [-0.2, -0.15) is 5.10 Å². The van der Waals surface area contributed by atoms with Gasteiger partial charge in [0.05, 0.1) is 12.8 Å². The van der Waals surface area contributed by atoms with Gasteiger partial charge >= 0.3 is 0 Å². The van der Waals surface area contributed by atoms with Crippen LogP contribution in [0.3, 0.4) is 0 Å². The van der Waals surface area contributed by atoms with Gasteiger partial charge in [0, 0.05) is 30.9 Å². The molecule has 2 unspecified atom stereocenters. The SMILES string of the molecule is CCC(CO)NC(C)c1cnn(C)c1. The van der Waals surface area contributed by atoms with Crippen LogP contribution in [0.1, 0.15) is 31.9 Å². The second-order valence-corrected chi connectivity index (χ2v) is 3.62.